The fourth-order valence-corrected chi connectivity index (χ4v) is 2.81. The standard InChI is InChI=1S/C16H15ClN2O3S/c17-13-6-1-10(16(21)22)9-14(13)19-15(20)7-8-23-12-4-2-11(18)3-5-12/h1-6,9H,7-8,18H2,(H,19,20)(H,21,22). The monoisotopic (exact) mass is 350 g/mol. The predicted molar refractivity (Wildman–Crippen MR) is 93.2 cm³/mol. The Labute approximate surface area is 142 Å². The Morgan fingerprint density at radius 1 is 1.17 bits per heavy atom. The molecule has 0 atom stereocenters. The molecule has 0 aliphatic carbocycles. The van der Waals surface area contributed by atoms with Crippen molar-refractivity contribution < 1.29 is 14.7 Å². The largest absolute Gasteiger partial charge is 0.478 e. The molecule has 0 aliphatic heterocycles. The van der Waals surface area contributed by atoms with Gasteiger partial charge in [0.25, 0.3) is 0 Å². The van der Waals surface area contributed by atoms with Crippen LogP contribution in [0.25, 0.3) is 0 Å². The third kappa shape index (κ3) is 5.19. The summed E-state index contributed by atoms with van der Waals surface area (Å²) < 4.78 is 0. The fraction of sp³-hybridized carbons (Fsp3) is 0.125. The number of rotatable bonds is 6. The molecule has 2 aromatic rings. The number of nitrogen functional groups attached to an aromatic ring is 1. The van der Waals surface area contributed by atoms with E-state index in [1.807, 2.05) is 12.1 Å². The molecule has 0 saturated heterocycles. The minimum Gasteiger partial charge on any atom is -0.478 e. The topological polar surface area (TPSA) is 92.4 Å². The van der Waals surface area contributed by atoms with Gasteiger partial charge in [-0.05, 0) is 42.5 Å². The van der Waals surface area contributed by atoms with Gasteiger partial charge < -0.3 is 16.2 Å². The number of carboxylic acids is 1. The number of amides is 1. The fourth-order valence-electron chi connectivity index (χ4n) is 1.79. The van der Waals surface area contributed by atoms with Gasteiger partial charge in [-0.15, -0.1) is 11.8 Å². The second kappa shape index (κ2) is 7.89. The molecule has 0 heterocycles. The van der Waals surface area contributed by atoms with E-state index in [0.29, 0.717) is 22.2 Å². The molecule has 0 aliphatic rings. The Bertz CT molecular complexity index is 720. The van der Waals surface area contributed by atoms with Crippen LogP contribution in [0.1, 0.15) is 16.8 Å². The van der Waals surface area contributed by atoms with Crippen molar-refractivity contribution in [2.45, 2.75) is 11.3 Å². The maximum absolute atomic E-state index is 11.9. The lowest BCUT2D eigenvalue weighted by Crippen LogP contribution is -2.13. The van der Waals surface area contributed by atoms with E-state index >= 15 is 0 Å². The first-order chi connectivity index (χ1) is 11.0. The lowest BCUT2D eigenvalue weighted by Gasteiger charge is -2.08. The van der Waals surface area contributed by atoms with Gasteiger partial charge >= 0.3 is 5.97 Å². The van der Waals surface area contributed by atoms with Crippen molar-refractivity contribution in [1.29, 1.82) is 0 Å². The normalized spacial score (nSPS) is 10.3. The van der Waals surface area contributed by atoms with Gasteiger partial charge in [-0.25, -0.2) is 4.79 Å². The van der Waals surface area contributed by atoms with E-state index in [0.717, 1.165) is 4.90 Å². The van der Waals surface area contributed by atoms with Gasteiger partial charge in [0.2, 0.25) is 5.91 Å². The lowest BCUT2D eigenvalue weighted by atomic mass is 10.2. The van der Waals surface area contributed by atoms with Crippen molar-refractivity contribution in [2.24, 2.45) is 0 Å². The highest BCUT2D eigenvalue weighted by atomic mass is 35.5. The second-order valence-electron chi connectivity index (χ2n) is 4.72. The van der Waals surface area contributed by atoms with Crippen molar-refractivity contribution >= 4 is 46.6 Å². The molecule has 0 fully saturated rings. The van der Waals surface area contributed by atoms with Crippen LogP contribution < -0.4 is 11.1 Å². The van der Waals surface area contributed by atoms with E-state index in [9.17, 15) is 9.59 Å². The summed E-state index contributed by atoms with van der Waals surface area (Å²) in [6, 6.07) is 11.6. The Balaban J connectivity index is 1.88. The number of carbonyl (C=O) groups is 2. The number of hydrogen-bond acceptors (Lipinski definition) is 4. The highest BCUT2D eigenvalue weighted by Gasteiger charge is 2.10. The molecule has 5 nitrogen and oxygen atoms in total. The van der Waals surface area contributed by atoms with Gasteiger partial charge in [0.1, 0.15) is 0 Å². The molecule has 0 unspecified atom stereocenters. The Kier molecular flexibility index (Phi) is 5.90. The minimum absolute atomic E-state index is 0.0703. The van der Waals surface area contributed by atoms with Gasteiger partial charge in [-0.2, -0.15) is 0 Å². The van der Waals surface area contributed by atoms with Crippen LogP contribution in [0.5, 0.6) is 0 Å². The zero-order valence-corrected chi connectivity index (χ0v) is 13.7. The van der Waals surface area contributed by atoms with Crippen LogP contribution in [0.3, 0.4) is 0 Å². The molecular formula is C16H15ClN2O3S. The number of carbonyl (C=O) groups excluding carboxylic acids is 1. The Morgan fingerprint density at radius 2 is 1.87 bits per heavy atom. The summed E-state index contributed by atoms with van der Waals surface area (Å²) in [6.07, 6.45) is 0.280. The van der Waals surface area contributed by atoms with Crippen LogP contribution >= 0.6 is 23.4 Å². The van der Waals surface area contributed by atoms with E-state index < -0.39 is 5.97 Å². The molecule has 0 spiro atoms. The Morgan fingerprint density at radius 3 is 2.52 bits per heavy atom. The quantitative estimate of drug-likeness (QED) is 0.545. The average Bonchev–Trinajstić information content (AvgIpc) is 2.51. The number of thioether (sulfide) groups is 1. The van der Waals surface area contributed by atoms with E-state index in [1.165, 1.54) is 30.0 Å². The van der Waals surface area contributed by atoms with Crippen molar-refractivity contribution in [2.75, 3.05) is 16.8 Å². The number of carboxylic acid groups (broad SMARTS) is 1. The number of nitrogens with one attached hydrogen (secondary N) is 1. The molecule has 4 N–H and O–H groups in total. The van der Waals surface area contributed by atoms with Gasteiger partial charge in [-0.3, -0.25) is 4.79 Å². The summed E-state index contributed by atoms with van der Waals surface area (Å²) in [5.41, 5.74) is 6.67. The van der Waals surface area contributed by atoms with E-state index in [2.05, 4.69) is 5.32 Å². The molecular weight excluding hydrogens is 336 g/mol. The summed E-state index contributed by atoms with van der Waals surface area (Å²) in [5, 5.41) is 11.9. The summed E-state index contributed by atoms with van der Waals surface area (Å²) in [7, 11) is 0. The van der Waals surface area contributed by atoms with Crippen LogP contribution in [0.15, 0.2) is 47.4 Å². The van der Waals surface area contributed by atoms with E-state index in [-0.39, 0.29) is 17.9 Å². The number of nitrogens with two attached hydrogens (primary N) is 1. The minimum atomic E-state index is -1.07. The third-order valence-corrected chi connectivity index (χ3v) is 4.31. The van der Waals surface area contributed by atoms with Crippen molar-refractivity contribution in [3.63, 3.8) is 0 Å². The van der Waals surface area contributed by atoms with Crippen LogP contribution in [0.4, 0.5) is 11.4 Å². The molecule has 0 bridgehead atoms. The second-order valence-corrected chi connectivity index (χ2v) is 6.29. The van der Waals surface area contributed by atoms with E-state index in [1.54, 1.807) is 12.1 Å². The molecule has 1 amide bonds. The predicted octanol–water partition coefficient (Wildman–Crippen LogP) is 3.74. The lowest BCUT2D eigenvalue weighted by molar-refractivity contribution is -0.115. The first-order valence-corrected chi connectivity index (χ1v) is 8.13. The summed E-state index contributed by atoms with van der Waals surface area (Å²) in [5.74, 6) is -0.708. The SMILES string of the molecule is Nc1ccc(SCCC(=O)Nc2cc(C(=O)O)ccc2Cl)cc1. The summed E-state index contributed by atoms with van der Waals surface area (Å²) in [4.78, 5) is 23.9. The van der Waals surface area contributed by atoms with Gasteiger partial charge in [0.05, 0.1) is 16.3 Å². The molecule has 7 heteroatoms. The first kappa shape index (κ1) is 17.2. The van der Waals surface area contributed by atoms with Crippen LogP contribution in [-0.4, -0.2) is 22.7 Å². The number of halogens is 1. The molecule has 0 saturated carbocycles. The van der Waals surface area contributed by atoms with Crippen LogP contribution in [0.2, 0.25) is 5.02 Å². The molecule has 0 radical (unpaired) electrons. The smallest absolute Gasteiger partial charge is 0.335 e. The van der Waals surface area contributed by atoms with Crippen molar-refractivity contribution in [1.82, 2.24) is 0 Å². The molecule has 120 valence electrons. The number of anilines is 2. The van der Waals surface area contributed by atoms with Gasteiger partial charge in [0.15, 0.2) is 0 Å². The number of benzene rings is 2. The summed E-state index contributed by atoms with van der Waals surface area (Å²) >= 11 is 7.50. The van der Waals surface area contributed by atoms with Crippen LogP contribution in [-0.2, 0) is 4.79 Å². The molecule has 2 aromatic carbocycles. The van der Waals surface area contributed by atoms with Crippen LogP contribution in [0, 0.1) is 0 Å². The number of hydrogen-bond donors (Lipinski definition) is 3. The highest BCUT2D eigenvalue weighted by Crippen LogP contribution is 2.24. The maximum Gasteiger partial charge on any atom is 0.335 e. The third-order valence-electron chi connectivity index (χ3n) is 2.97. The van der Waals surface area contributed by atoms with E-state index in [4.69, 9.17) is 22.4 Å². The molecule has 0 aromatic heterocycles. The molecule has 2 rings (SSSR count). The first-order valence-electron chi connectivity index (χ1n) is 6.77. The maximum atomic E-state index is 11.9. The summed E-state index contributed by atoms with van der Waals surface area (Å²) in [6.45, 7) is 0. The number of aromatic carboxylic acids is 1. The molecule has 23 heavy (non-hydrogen) atoms. The highest BCUT2D eigenvalue weighted by molar-refractivity contribution is 7.99. The Hall–Kier alpha value is -2.18. The van der Waals surface area contributed by atoms with Crippen molar-refractivity contribution in [3.8, 4) is 0 Å². The zero-order valence-electron chi connectivity index (χ0n) is 12.1. The van der Waals surface area contributed by atoms with Gasteiger partial charge in [-0.1, -0.05) is 11.6 Å². The van der Waals surface area contributed by atoms with Gasteiger partial charge in [0, 0.05) is 22.8 Å². The average molecular weight is 351 g/mol. The van der Waals surface area contributed by atoms with Crippen molar-refractivity contribution in [3.05, 3.63) is 53.1 Å². The zero-order chi connectivity index (χ0) is 16.8.